The van der Waals surface area contributed by atoms with Gasteiger partial charge in [0, 0.05) is 19.6 Å². The summed E-state index contributed by atoms with van der Waals surface area (Å²) in [6.07, 6.45) is 1.33. The summed E-state index contributed by atoms with van der Waals surface area (Å²) in [6.45, 7) is 7.95. The first-order valence-electron chi connectivity index (χ1n) is 6.98. The third kappa shape index (κ3) is 3.80. The normalized spacial score (nSPS) is 24.2. The van der Waals surface area contributed by atoms with Crippen LogP contribution in [0.4, 0.5) is 0 Å². The number of carbonyl (C=O) groups is 1. The van der Waals surface area contributed by atoms with Crippen LogP contribution in [0.15, 0.2) is 24.3 Å². The number of hydrogen-bond donors (Lipinski definition) is 0. The number of nitrogens with zero attached hydrogens (tertiary/aromatic N) is 1. The fourth-order valence-electron chi connectivity index (χ4n) is 3.04. The van der Waals surface area contributed by atoms with Gasteiger partial charge in [-0.15, -0.1) is 0 Å². The van der Waals surface area contributed by atoms with E-state index in [9.17, 15) is 4.79 Å². The predicted octanol–water partition coefficient (Wildman–Crippen LogP) is 2.95. The van der Waals surface area contributed by atoms with E-state index >= 15 is 0 Å². The van der Waals surface area contributed by atoms with Crippen LogP contribution in [-0.4, -0.2) is 31.1 Å². The van der Waals surface area contributed by atoms with Crippen molar-refractivity contribution < 1.29 is 9.53 Å². The molecular formula is C16H23NO2. The largest absolute Gasteiger partial charge is 0.465 e. The molecule has 0 spiro atoms. The fourth-order valence-corrected chi connectivity index (χ4v) is 3.04. The molecule has 1 aromatic rings. The van der Waals surface area contributed by atoms with Gasteiger partial charge < -0.3 is 4.74 Å². The van der Waals surface area contributed by atoms with E-state index in [2.05, 4.69) is 18.7 Å². The van der Waals surface area contributed by atoms with E-state index < -0.39 is 0 Å². The minimum atomic E-state index is -0.272. The molecule has 0 aromatic heterocycles. The summed E-state index contributed by atoms with van der Waals surface area (Å²) in [5.74, 6) is 1.28. The van der Waals surface area contributed by atoms with E-state index in [1.54, 1.807) is 0 Å². The zero-order valence-electron chi connectivity index (χ0n) is 12.1. The molecule has 2 atom stereocenters. The van der Waals surface area contributed by atoms with Crippen LogP contribution in [0.25, 0.3) is 0 Å². The monoisotopic (exact) mass is 261 g/mol. The number of carbonyl (C=O) groups excluding carboxylic acids is 1. The quantitative estimate of drug-likeness (QED) is 0.783. The number of rotatable bonds is 3. The summed E-state index contributed by atoms with van der Waals surface area (Å²) < 4.78 is 4.70. The second kappa shape index (κ2) is 6.20. The number of esters is 1. The van der Waals surface area contributed by atoms with Gasteiger partial charge in [-0.25, -0.2) is 4.79 Å². The number of likely N-dealkylation sites (tertiary alicyclic amines) is 1. The molecule has 0 bridgehead atoms. The summed E-state index contributed by atoms with van der Waals surface area (Å²) in [5, 5.41) is 0. The average Bonchev–Trinajstić information content (AvgIpc) is 2.37. The summed E-state index contributed by atoms with van der Waals surface area (Å²) in [5.41, 5.74) is 1.88. The van der Waals surface area contributed by atoms with E-state index in [1.807, 2.05) is 24.3 Å². The lowest BCUT2D eigenvalue weighted by Crippen LogP contribution is -2.38. The van der Waals surface area contributed by atoms with Gasteiger partial charge in [-0.2, -0.15) is 0 Å². The van der Waals surface area contributed by atoms with Crippen LogP contribution in [-0.2, 0) is 11.3 Å². The Balaban J connectivity index is 1.97. The summed E-state index contributed by atoms with van der Waals surface area (Å²) in [4.78, 5) is 13.9. The highest BCUT2D eigenvalue weighted by Gasteiger charge is 2.21. The molecule has 2 rings (SSSR count). The lowest BCUT2D eigenvalue weighted by atomic mass is 9.91. The number of methoxy groups -OCH3 is 1. The van der Waals surface area contributed by atoms with E-state index in [4.69, 9.17) is 4.74 Å². The molecular weight excluding hydrogens is 238 g/mol. The van der Waals surface area contributed by atoms with Gasteiger partial charge in [-0.1, -0.05) is 26.0 Å². The van der Waals surface area contributed by atoms with Crippen molar-refractivity contribution in [2.45, 2.75) is 26.8 Å². The zero-order valence-corrected chi connectivity index (χ0v) is 12.1. The minimum absolute atomic E-state index is 0.272. The molecule has 1 heterocycles. The van der Waals surface area contributed by atoms with E-state index in [1.165, 1.54) is 32.2 Å². The number of ether oxygens (including phenoxy) is 1. The van der Waals surface area contributed by atoms with Gasteiger partial charge >= 0.3 is 5.97 Å². The summed E-state index contributed by atoms with van der Waals surface area (Å²) >= 11 is 0. The summed E-state index contributed by atoms with van der Waals surface area (Å²) in [7, 11) is 1.41. The molecule has 1 aromatic carbocycles. The molecule has 1 aliphatic heterocycles. The van der Waals surface area contributed by atoms with Gasteiger partial charge in [-0.3, -0.25) is 4.90 Å². The van der Waals surface area contributed by atoms with Crippen LogP contribution >= 0.6 is 0 Å². The molecule has 2 unspecified atom stereocenters. The third-order valence-electron chi connectivity index (χ3n) is 3.73. The molecule has 3 nitrogen and oxygen atoms in total. The Hall–Kier alpha value is -1.35. The summed E-state index contributed by atoms with van der Waals surface area (Å²) in [6, 6.07) is 7.74. The Labute approximate surface area is 115 Å². The maximum atomic E-state index is 11.4. The molecule has 0 amide bonds. The van der Waals surface area contributed by atoms with Crippen molar-refractivity contribution in [3.63, 3.8) is 0 Å². The van der Waals surface area contributed by atoms with Gasteiger partial charge in [0.2, 0.25) is 0 Å². The van der Waals surface area contributed by atoms with Crippen LogP contribution in [0.2, 0.25) is 0 Å². The zero-order chi connectivity index (χ0) is 13.8. The third-order valence-corrected chi connectivity index (χ3v) is 3.73. The van der Waals surface area contributed by atoms with Crippen LogP contribution in [0.5, 0.6) is 0 Å². The Morgan fingerprint density at radius 2 is 1.79 bits per heavy atom. The second-order valence-corrected chi connectivity index (χ2v) is 5.83. The lowest BCUT2D eigenvalue weighted by Gasteiger charge is -2.35. The second-order valence-electron chi connectivity index (χ2n) is 5.83. The van der Waals surface area contributed by atoms with Crippen LogP contribution in [0.1, 0.15) is 36.2 Å². The number of hydrogen-bond acceptors (Lipinski definition) is 3. The maximum absolute atomic E-state index is 11.4. The van der Waals surface area contributed by atoms with Crippen molar-refractivity contribution in [1.82, 2.24) is 4.90 Å². The topological polar surface area (TPSA) is 29.5 Å². The SMILES string of the molecule is COC(=O)c1ccc(CN2CC(C)CC(C)C2)cc1. The smallest absolute Gasteiger partial charge is 0.337 e. The fraction of sp³-hybridized carbons (Fsp3) is 0.562. The Kier molecular flexibility index (Phi) is 4.59. The lowest BCUT2D eigenvalue weighted by molar-refractivity contribution is 0.0600. The highest BCUT2D eigenvalue weighted by atomic mass is 16.5. The molecule has 19 heavy (non-hydrogen) atoms. The molecule has 0 N–H and O–H groups in total. The predicted molar refractivity (Wildman–Crippen MR) is 76.0 cm³/mol. The van der Waals surface area contributed by atoms with Gasteiger partial charge in [0.05, 0.1) is 12.7 Å². The first-order chi connectivity index (χ1) is 9.08. The van der Waals surface area contributed by atoms with Crippen LogP contribution in [0.3, 0.4) is 0 Å². The standard InChI is InChI=1S/C16H23NO2/c1-12-8-13(2)10-17(9-12)11-14-4-6-15(7-5-14)16(18)19-3/h4-7,12-13H,8-11H2,1-3H3. The number of piperidine rings is 1. The molecule has 0 aliphatic carbocycles. The van der Waals surface area contributed by atoms with Crippen molar-refractivity contribution in [2.24, 2.45) is 11.8 Å². The van der Waals surface area contributed by atoms with Crippen LogP contribution < -0.4 is 0 Å². The van der Waals surface area contributed by atoms with Gasteiger partial charge in [0.1, 0.15) is 0 Å². The Morgan fingerprint density at radius 1 is 1.21 bits per heavy atom. The minimum Gasteiger partial charge on any atom is -0.465 e. The Morgan fingerprint density at radius 3 is 2.32 bits per heavy atom. The van der Waals surface area contributed by atoms with Crippen LogP contribution in [0, 0.1) is 11.8 Å². The molecule has 1 saturated heterocycles. The number of benzene rings is 1. The van der Waals surface area contributed by atoms with Crippen molar-refractivity contribution in [2.75, 3.05) is 20.2 Å². The first-order valence-corrected chi connectivity index (χ1v) is 6.98. The highest BCUT2D eigenvalue weighted by Crippen LogP contribution is 2.22. The molecule has 1 fully saturated rings. The first kappa shape index (κ1) is 14.1. The van der Waals surface area contributed by atoms with Gasteiger partial charge in [-0.05, 0) is 36.0 Å². The van der Waals surface area contributed by atoms with E-state index in [0.717, 1.165) is 18.4 Å². The Bertz CT molecular complexity index is 417. The van der Waals surface area contributed by atoms with Crippen molar-refractivity contribution in [3.05, 3.63) is 35.4 Å². The molecule has 0 radical (unpaired) electrons. The molecule has 104 valence electrons. The maximum Gasteiger partial charge on any atom is 0.337 e. The molecule has 0 saturated carbocycles. The highest BCUT2D eigenvalue weighted by molar-refractivity contribution is 5.89. The molecule has 1 aliphatic rings. The van der Waals surface area contributed by atoms with E-state index in [0.29, 0.717) is 5.56 Å². The average molecular weight is 261 g/mol. The van der Waals surface area contributed by atoms with Crippen molar-refractivity contribution >= 4 is 5.97 Å². The van der Waals surface area contributed by atoms with Gasteiger partial charge in [0.15, 0.2) is 0 Å². The van der Waals surface area contributed by atoms with Gasteiger partial charge in [0.25, 0.3) is 0 Å². The van der Waals surface area contributed by atoms with Crippen molar-refractivity contribution in [1.29, 1.82) is 0 Å². The van der Waals surface area contributed by atoms with E-state index in [-0.39, 0.29) is 5.97 Å². The van der Waals surface area contributed by atoms with Crippen molar-refractivity contribution in [3.8, 4) is 0 Å². The molecule has 3 heteroatoms.